The standard InChI is InChI=1S/C26H31N3O5S/c1-33-24-11-8-23(9-12-24)28-14-16-29(17-15-28)35(31,32)18-4-13-27-26(30)20-34-25-10-7-21-5-2-3-6-22(21)19-25/h2-3,5-12,19H,4,13-18,20H2,1H3,(H,27,30). The molecular formula is C26H31N3O5S. The fourth-order valence-corrected chi connectivity index (χ4v) is 5.57. The number of anilines is 1. The number of hydrogen-bond donors (Lipinski definition) is 1. The average molecular weight is 498 g/mol. The second-order valence-corrected chi connectivity index (χ2v) is 10.5. The van der Waals surface area contributed by atoms with Gasteiger partial charge in [-0.2, -0.15) is 4.31 Å². The van der Waals surface area contributed by atoms with E-state index in [1.807, 2.05) is 66.7 Å². The molecule has 1 heterocycles. The lowest BCUT2D eigenvalue weighted by Crippen LogP contribution is -2.49. The lowest BCUT2D eigenvalue weighted by Gasteiger charge is -2.35. The number of carbonyl (C=O) groups is 1. The van der Waals surface area contributed by atoms with Crippen molar-refractivity contribution in [3.05, 3.63) is 66.7 Å². The molecule has 0 bridgehead atoms. The number of methoxy groups -OCH3 is 1. The first-order valence-electron chi connectivity index (χ1n) is 11.7. The number of hydrogen-bond acceptors (Lipinski definition) is 6. The summed E-state index contributed by atoms with van der Waals surface area (Å²) in [5, 5.41) is 4.88. The van der Waals surface area contributed by atoms with Crippen molar-refractivity contribution in [3.63, 3.8) is 0 Å². The summed E-state index contributed by atoms with van der Waals surface area (Å²) in [6.07, 6.45) is 0.350. The molecule has 0 unspecified atom stereocenters. The van der Waals surface area contributed by atoms with E-state index >= 15 is 0 Å². The lowest BCUT2D eigenvalue weighted by molar-refractivity contribution is -0.123. The van der Waals surface area contributed by atoms with Crippen molar-refractivity contribution in [2.24, 2.45) is 0 Å². The van der Waals surface area contributed by atoms with Gasteiger partial charge in [-0.3, -0.25) is 4.79 Å². The second-order valence-electron chi connectivity index (χ2n) is 8.40. The molecule has 1 fully saturated rings. The van der Waals surface area contributed by atoms with Gasteiger partial charge in [0.15, 0.2) is 6.61 Å². The normalized spacial score (nSPS) is 14.6. The van der Waals surface area contributed by atoms with Gasteiger partial charge in [0.1, 0.15) is 11.5 Å². The third kappa shape index (κ3) is 6.64. The number of fused-ring (bicyclic) bond motifs is 1. The number of benzene rings is 3. The van der Waals surface area contributed by atoms with Gasteiger partial charge in [-0.25, -0.2) is 8.42 Å². The van der Waals surface area contributed by atoms with Crippen molar-refractivity contribution in [3.8, 4) is 11.5 Å². The first-order chi connectivity index (χ1) is 16.9. The zero-order chi connectivity index (χ0) is 24.7. The van der Waals surface area contributed by atoms with Gasteiger partial charge >= 0.3 is 0 Å². The minimum atomic E-state index is -3.37. The molecule has 0 aromatic heterocycles. The maximum Gasteiger partial charge on any atom is 0.257 e. The summed E-state index contributed by atoms with van der Waals surface area (Å²) < 4.78 is 37.8. The van der Waals surface area contributed by atoms with Gasteiger partial charge in [-0.1, -0.05) is 30.3 Å². The molecule has 8 nitrogen and oxygen atoms in total. The Morgan fingerprint density at radius 2 is 1.60 bits per heavy atom. The predicted octanol–water partition coefficient (Wildman–Crippen LogP) is 2.89. The smallest absolute Gasteiger partial charge is 0.257 e. The fourth-order valence-electron chi connectivity index (χ4n) is 4.09. The first kappa shape index (κ1) is 24.8. The Morgan fingerprint density at radius 3 is 2.31 bits per heavy atom. The number of nitrogens with zero attached hydrogens (tertiary/aromatic N) is 2. The van der Waals surface area contributed by atoms with Gasteiger partial charge in [0.25, 0.3) is 5.91 Å². The van der Waals surface area contributed by atoms with E-state index in [2.05, 4.69) is 10.2 Å². The molecular weight excluding hydrogens is 466 g/mol. The van der Waals surface area contributed by atoms with Gasteiger partial charge in [0, 0.05) is 38.4 Å². The zero-order valence-corrected chi connectivity index (χ0v) is 20.7. The van der Waals surface area contributed by atoms with Crippen LogP contribution in [0.2, 0.25) is 0 Å². The van der Waals surface area contributed by atoms with E-state index in [-0.39, 0.29) is 24.8 Å². The zero-order valence-electron chi connectivity index (χ0n) is 19.9. The Hall–Kier alpha value is -3.30. The molecule has 0 aliphatic carbocycles. The summed E-state index contributed by atoms with van der Waals surface area (Å²) in [4.78, 5) is 14.3. The molecule has 0 saturated carbocycles. The predicted molar refractivity (Wildman–Crippen MR) is 138 cm³/mol. The van der Waals surface area contributed by atoms with Crippen molar-refractivity contribution in [1.82, 2.24) is 9.62 Å². The Labute approximate surface area is 206 Å². The third-order valence-electron chi connectivity index (χ3n) is 6.06. The van der Waals surface area contributed by atoms with Gasteiger partial charge in [0.2, 0.25) is 10.0 Å². The van der Waals surface area contributed by atoms with Crippen LogP contribution in [0.25, 0.3) is 10.8 Å². The molecule has 4 rings (SSSR count). The maximum atomic E-state index is 12.7. The molecule has 1 N–H and O–H groups in total. The van der Waals surface area contributed by atoms with E-state index in [1.165, 1.54) is 4.31 Å². The second kappa shape index (κ2) is 11.4. The molecule has 1 aliphatic rings. The quantitative estimate of drug-likeness (QED) is 0.434. The minimum absolute atomic E-state index is 0.00134. The molecule has 1 saturated heterocycles. The highest BCUT2D eigenvalue weighted by Gasteiger charge is 2.26. The van der Waals surface area contributed by atoms with E-state index in [0.717, 1.165) is 22.2 Å². The van der Waals surface area contributed by atoms with E-state index in [9.17, 15) is 13.2 Å². The van der Waals surface area contributed by atoms with Crippen LogP contribution in [0.5, 0.6) is 11.5 Å². The minimum Gasteiger partial charge on any atom is -0.497 e. The van der Waals surface area contributed by atoms with Gasteiger partial charge in [0.05, 0.1) is 12.9 Å². The summed E-state index contributed by atoms with van der Waals surface area (Å²) in [7, 11) is -1.74. The van der Waals surface area contributed by atoms with Crippen molar-refractivity contribution in [2.45, 2.75) is 6.42 Å². The number of nitrogens with one attached hydrogen (secondary N) is 1. The van der Waals surface area contributed by atoms with Crippen molar-refractivity contribution in [1.29, 1.82) is 0 Å². The van der Waals surface area contributed by atoms with Crippen molar-refractivity contribution < 1.29 is 22.7 Å². The number of amides is 1. The van der Waals surface area contributed by atoms with Crippen LogP contribution in [0.15, 0.2) is 66.7 Å². The van der Waals surface area contributed by atoms with Crippen LogP contribution in [-0.4, -0.2) is 70.8 Å². The maximum absolute atomic E-state index is 12.7. The van der Waals surface area contributed by atoms with Crippen LogP contribution < -0.4 is 19.7 Å². The third-order valence-corrected chi connectivity index (χ3v) is 8.02. The van der Waals surface area contributed by atoms with Crippen LogP contribution in [-0.2, 0) is 14.8 Å². The van der Waals surface area contributed by atoms with Crippen molar-refractivity contribution >= 4 is 32.4 Å². The van der Waals surface area contributed by atoms with E-state index in [0.29, 0.717) is 38.3 Å². The number of carbonyl (C=O) groups excluding carboxylic acids is 1. The molecule has 186 valence electrons. The van der Waals surface area contributed by atoms with E-state index in [4.69, 9.17) is 9.47 Å². The SMILES string of the molecule is COc1ccc(N2CCN(S(=O)(=O)CCCNC(=O)COc3ccc4ccccc4c3)CC2)cc1. The molecule has 1 amide bonds. The Kier molecular flexibility index (Phi) is 8.09. The molecule has 3 aromatic rings. The lowest BCUT2D eigenvalue weighted by atomic mass is 10.1. The number of rotatable bonds is 10. The molecule has 35 heavy (non-hydrogen) atoms. The van der Waals surface area contributed by atoms with Crippen LogP contribution in [0.1, 0.15) is 6.42 Å². The first-order valence-corrected chi connectivity index (χ1v) is 13.3. The fraction of sp³-hybridized carbons (Fsp3) is 0.346. The van der Waals surface area contributed by atoms with Crippen molar-refractivity contribution in [2.75, 3.05) is 57.1 Å². The van der Waals surface area contributed by atoms with Crippen LogP contribution >= 0.6 is 0 Å². The van der Waals surface area contributed by atoms with Crippen LogP contribution in [0.4, 0.5) is 5.69 Å². The molecule has 0 radical (unpaired) electrons. The number of ether oxygens (including phenoxy) is 2. The summed E-state index contributed by atoms with van der Waals surface area (Å²) in [6, 6.07) is 21.4. The molecule has 1 aliphatic heterocycles. The van der Waals surface area contributed by atoms with Gasteiger partial charge < -0.3 is 19.7 Å². The molecule has 0 spiro atoms. The average Bonchev–Trinajstić information content (AvgIpc) is 2.90. The summed E-state index contributed by atoms with van der Waals surface area (Å²) in [6.45, 7) is 2.33. The van der Waals surface area contributed by atoms with Gasteiger partial charge in [-0.15, -0.1) is 0 Å². The molecule has 3 aromatic carbocycles. The van der Waals surface area contributed by atoms with E-state index < -0.39 is 10.0 Å². The van der Waals surface area contributed by atoms with Gasteiger partial charge in [-0.05, 0) is 53.6 Å². The van der Waals surface area contributed by atoms with Crippen LogP contribution in [0, 0.1) is 0 Å². The number of sulfonamides is 1. The highest BCUT2D eigenvalue weighted by molar-refractivity contribution is 7.89. The van der Waals surface area contributed by atoms with Crippen LogP contribution in [0.3, 0.4) is 0 Å². The molecule has 0 atom stereocenters. The Bertz CT molecular complexity index is 1240. The summed E-state index contributed by atoms with van der Waals surface area (Å²) >= 11 is 0. The monoisotopic (exact) mass is 497 g/mol. The highest BCUT2D eigenvalue weighted by atomic mass is 32.2. The molecule has 9 heteroatoms. The summed E-state index contributed by atoms with van der Waals surface area (Å²) in [5.41, 5.74) is 1.05. The van der Waals surface area contributed by atoms with E-state index in [1.54, 1.807) is 7.11 Å². The Morgan fingerprint density at radius 1 is 0.914 bits per heavy atom. The highest BCUT2D eigenvalue weighted by Crippen LogP contribution is 2.22. The summed E-state index contributed by atoms with van der Waals surface area (Å²) in [5.74, 6) is 1.14. The number of piperazine rings is 1. The largest absolute Gasteiger partial charge is 0.497 e. The topological polar surface area (TPSA) is 88.2 Å². The Balaban J connectivity index is 1.15.